The van der Waals surface area contributed by atoms with E-state index in [-0.39, 0.29) is 5.60 Å². The molecule has 1 saturated heterocycles. The average Bonchev–Trinajstić information content (AvgIpc) is 2.61. The first-order valence-corrected chi connectivity index (χ1v) is 6.14. The summed E-state index contributed by atoms with van der Waals surface area (Å²) in [5.74, 6) is 0. The van der Waals surface area contributed by atoms with Gasteiger partial charge in [0.25, 0.3) is 0 Å². The lowest BCUT2D eigenvalue weighted by atomic mass is 10.0. The fourth-order valence-corrected chi connectivity index (χ4v) is 1.61. The Labute approximate surface area is 103 Å². The van der Waals surface area contributed by atoms with Crippen molar-refractivity contribution < 1.29 is 19.7 Å². The molecule has 0 radical (unpaired) electrons. The Bertz CT molecular complexity index is 221. The molecule has 1 aliphatic rings. The third-order valence-electron chi connectivity index (χ3n) is 2.63. The van der Waals surface area contributed by atoms with Gasteiger partial charge < -0.3 is 25.0 Å². The maximum Gasteiger partial charge on any atom is 0.102 e. The Morgan fingerprint density at radius 2 is 2.18 bits per heavy atom. The number of aliphatic hydroxyl groups is 2. The fourth-order valence-electron chi connectivity index (χ4n) is 1.61. The van der Waals surface area contributed by atoms with Crippen molar-refractivity contribution >= 4 is 0 Å². The van der Waals surface area contributed by atoms with Crippen LogP contribution in [-0.4, -0.2) is 60.4 Å². The molecule has 0 spiro atoms. The van der Waals surface area contributed by atoms with Gasteiger partial charge in [-0.15, -0.1) is 0 Å². The lowest BCUT2D eigenvalue weighted by Crippen LogP contribution is -2.44. The summed E-state index contributed by atoms with van der Waals surface area (Å²) in [5.41, 5.74) is -1.01. The van der Waals surface area contributed by atoms with Crippen LogP contribution in [0, 0.1) is 0 Å². The molecule has 0 bridgehead atoms. The maximum atomic E-state index is 9.96. The second-order valence-electron chi connectivity index (χ2n) is 5.74. The third-order valence-corrected chi connectivity index (χ3v) is 2.63. The molecule has 5 nitrogen and oxygen atoms in total. The number of hydrogen-bond acceptors (Lipinski definition) is 5. The molecule has 5 heteroatoms. The Morgan fingerprint density at radius 1 is 1.47 bits per heavy atom. The first-order valence-electron chi connectivity index (χ1n) is 6.14. The van der Waals surface area contributed by atoms with Crippen molar-refractivity contribution in [1.29, 1.82) is 0 Å². The zero-order chi connectivity index (χ0) is 12.9. The van der Waals surface area contributed by atoms with Gasteiger partial charge in [-0.25, -0.2) is 0 Å². The van der Waals surface area contributed by atoms with Crippen LogP contribution in [0.2, 0.25) is 0 Å². The summed E-state index contributed by atoms with van der Waals surface area (Å²) in [6, 6.07) is 0. The third kappa shape index (κ3) is 6.33. The van der Waals surface area contributed by atoms with Gasteiger partial charge in [0.15, 0.2) is 0 Å². The molecule has 17 heavy (non-hydrogen) atoms. The van der Waals surface area contributed by atoms with Gasteiger partial charge in [-0.2, -0.15) is 0 Å². The van der Waals surface area contributed by atoms with E-state index >= 15 is 0 Å². The largest absolute Gasteiger partial charge is 0.389 e. The van der Waals surface area contributed by atoms with Gasteiger partial charge >= 0.3 is 0 Å². The maximum absolute atomic E-state index is 9.96. The summed E-state index contributed by atoms with van der Waals surface area (Å²) >= 11 is 0. The summed E-state index contributed by atoms with van der Waals surface area (Å²) in [7, 11) is 0. The molecule has 0 saturated carbocycles. The highest BCUT2D eigenvalue weighted by Crippen LogP contribution is 2.16. The first kappa shape index (κ1) is 14.9. The molecule has 2 unspecified atom stereocenters. The summed E-state index contributed by atoms with van der Waals surface area (Å²) < 4.78 is 10.6. The standard InChI is InChI=1S/C12H25NO4/c1-11(2,3)17-7-10(14)6-13-8-12(15)4-5-16-9-12/h10,13-15H,4-9H2,1-3H3. The topological polar surface area (TPSA) is 71.0 Å². The lowest BCUT2D eigenvalue weighted by Gasteiger charge is -2.24. The van der Waals surface area contributed by atoms with Crippen molar-refractivity contribution in [2.45, 2.75) is 44.5 Å². The molecule has 1 aliphatic heterocycles. The van der Waals surface area contributed by atoms with E-state index in [9.17, 15) is 10.2 Å². The van der Waals surface area contributed by atoms with Crippen molar-refractivity contribution in [3.8, 4) is 0 Å². The summed E-state index contributed by atoms with van der Waals surface area (Å²) in [6.45, 7) is 7.98. The van der Waals surface area contributed by atoms with Crippen molar-refractivity contribution in [2.24, 2.45) is 0 Å². The number of hydrogen-bond donors (Lipinski definition) is 3. The van der Waals surface area contributed by atoms with Crippen LogP contribution in [0.25, 0.3) is 0 Å². The fraction of sp³-hybridized carbons (Fsp3) is 1.00. The van der Waals surface area contributed by atoms with Crippen molar-refractivity contribution in [1.82, 2.24) is 5.32 Å². The van der Waals surface area contributed by atoms with E-state index in [2.05, 4.69) is 5.32 Å². The molecular weight excluding hydrogens is 222 g/mol. The molecular formula is C12H25NO4. The molecule has 0 amide bonds. The Hall–Kier alpha value is -0.200. The van der Waals surface area contributed by atoms with Crippen LogP contribution >= 0.6 is 0 Å². The highest BCUT2D eigenvalue weighted by atomic mass is 16.5. The van der Waals surface area contributed by atoms with Crippen molar-refractivity contribution in [2.75, 3.05) is 32.9 Å². The molecule has 0 aromatic heterocycles. The van der Waals surface area contributed by atoms with E-state index in [1.807, 2.05) is 20.8 Å². The molecule has 1 rings (SSSR count). The Morgan fingerprint density at radius 3 is 2.71 bits per heavy atom. The van der Waals surface area contributed by atoms with E-state index in [1.165, 1.54) is 0 Å². The van der Waals surface area contributed by atoms with Gasteiger partial charge in [0.1, 0.15) is 5.60 Å². The van der Waals surface area contributed by atoms with E-state index in [1.54, 1.807) is 0 Å². The summed E-state index contributed by atoms with van der Waals surface area (Å²) in [4.78, 5) is 0. The van der Waals surface area contributed by atoms with Crippen molar-refractivity contribution in [3.05, 3.63) is 0 Å². The van der Waals surface area contributed by atoms with Crippen LogP contribution in [0.4, 0.5) is 0 Å². The highest BCUT2D eigenvalue weighted by molar-refractivity contribution is 4.85. The predicted octanol–water partition coefficient (Wildman–Crippen LogP) is -0.0966. The molecule has 0 aliphatic carbocycles. The second-order valence-corrected chi connectivity index (χ2v) is 5.74. The molecule has 0 aromatic rings. The summed E-state index contributed by atoms with van der Waals surface area (Å²) in [6.07, 6.45) is 0.0920. The number of rotatable bonds is 6. The average molecular weight is 247 g/mol. The van der Waals surface area contributed by atoms with Gasteiger partial charge in [0.2, 0.25) is 0 Å². The minimum Gasteiger partial charge on any atom is -0.389 e. The summed E-state index contributed by atoms with van der Waals surface area (Å²) in [5, 5.41) is 22.7. The van der Waals surface area contributed by atoms with Crippen LogP contribution in [0.5, 0.6) is 0 Å². The van der Waals surface area contributed by atoms with E-state index < -0.39 is 11.7 Å². The molecule has 102 valence electrons. The molecule has 3 N–H and O–H groups in total. The van der Waals surface area contributed by atoms with E-state index in [0.717, 1.165) is 0 Å². The Kier molecular flexibility index (Phi) is 5.34. The molecule has 2 atom stereocenters. The smallest absolute Gasteiger partial charge is 0.102 e. The minimum absolute atomic E-state index is 0.238. The number of aliphatic hydroxyl groups excluding tert-OH is 1. The first-order chi connectivity index (χ1) is 7.81. The van der Waals surface area contributed by atoms with Gasteiger partial charge in [-0.1, -0.05) is 0 Å². The van der Waals surface area contributed by atoms with E-state index in [4.69, 9.17) is 9.47 Å². The number of ether oxygens (including phenoxy) is 2. The van der Waals surface area contributed by atoms with Gasteiger partial charge in [0.05, 0.1) is 24.9 Å². The quantitative estimate of drug-likeness (QED) is 0.611. The predicted molar refractivity (Wildman–Crippen MR) is 65.0 cm³/mol. The van der Waals surface area contributed by atoms with Gasteiger partial charge in [-0.05, 0) is 20.8 Å². The Balaban J connectivity index is 2.09. The molecule has 1 fully saturated rings. The lowest BCUT2D eigenvalue weighted by molar-refractivity contribution is -0.0495. The number of nitrogens with one attached hydrogen (secondary N) is 1. The van der Waals surface area contributed by atoms with Crippen LogP contribution in [0.1, 0.15) is 27.2 Å². The SMILES string of the molecule is CC(C)(C)OCC(O)CNCC1(O)CCOC1. The monoisotopic (exact) mass is 247 g/mol. The van der Waals surface area contributed by atoms with E-state index in [0.29, 0.717) is 39.3 Å². The van der Waals surface area contributed by atoms with Crippen LogP contribution in [-0.2, 0) is 9.47 Å². The highest BCUT2D eigenvalue weighted by Gasteiger charge is 2.31. The van der Waals surface area contributed by atoms with Gasteiger partial charge in [0, 0.05) is 26.1 Å². The van der Waals surface area contributed by atoms with Gasteiger partial charge in [-0.3, -0.25) is 0 Å². The second kappa shape index (κ2) is 6.11. The van der Waals surface area contributed by atoms with Crippen LogP contribution < -0.4 is 5.32 Å². The molecule has 0 aromatic carbocycles. The van der Waals surface area contributed by atoms with Crippen LogP contribution in [0.15, 0.2) is 0 Å². The zero-order valence-electron chi connectivity index (χ0n) is 11.0. The normalized spacial score (nSPS) is 27.4. The molecule has 1 heterocycles. The zero-order valence-corrected chi connectivity index (χ0v) is 11.0. The van der Waals surface area contributed by atoms with Crippen molar-refractivity contribution in [3.63, 3.8) is 0 Å². The van der Waals surface area contributed by atoms with Crippen LogP contribution in [0.3, 0.4) is 0 Å². The minimum atomic E-state index is -0.773.